The summed E-state index contributed by atoms with van der Waals surface area (Å²) in [5, 5.41) is 22.5. The summed E-state index contributed by atoms with van der Waals surface area (Å²) in [4.78, 5) is 9.99. The quantitative estimate of drug-likeness (QED) is 0.602. The summed E-state index contributed by atoms with van der Waals surface area (Å²) in [6.07, 6.45) is 2.20. The minimum atomic E-state index is -0.498. The highest BCUT2D eigenvalue weighted by Gasteiger charge is 2.22. The van der Waals surface area contributed by atoms with Gasteiger partial charge in [0.1, 0.15) is 6.07 Å². The van der Waals surface area contributed by atoms with Crippen LogP contribution in [0.4, 0.5) is 11.4 Å². The molecule has 1 saturated carbocycles. The Morgan fingerprint density at radius 1 is 1.53 bits per heavy atom. The number of rotatable bonds is 3. The summed E-state index contributed by atoms with van der Waals surface area (Å²) >= 11 is 0. The molecule has 76 valence electrons. The molecule has 0 aromatic heterocycles. The number of nitro benzene ring substituents is 1. The predicted octanol–water partition coefficient (Wildman–Crippen LogP) is 2.04. The number of non-ortho nitro benzene ring substituents is 1. The molecule has 0 bridgehead atoms. The first-order chi connectivity index (χ1) is 7.20. The normalized spacial score (nSPS) is 14.3. The lowest BCUT2D eigenvalue weighted by molar-refractivity contribution is -0.384. The second-order valence-electron chi connectivity index (χ2n) is 3.52. The highest BCUT2D eigenvalue weighted by Crippen LogP contribution is 2.28. The van der Waals surface area contributed by atoms with Crippen LogP contribution in [0.15, 0.2) is 18.2 Å². The Bertz CT molecular complexity index is 446. The molecule has 1 aromatic carbocycles. The van der Waals surface area contributed by atoms with Crippen LogP contribution in [0.1, 0.15) is 18.4 Å². The molecule has 0 aliphatic heterocycles. The molecule has 5 nitrogen and oxygen atoms in total. The number of nitro groups is 1. The van der Waals surface area contributed by atoms with Gasteiger partial charge in [0.25, 0.3) is 5.69 Å². The van der Waals surface area contributed by atoms with Crippen LogP contribution in [0.2, 0.25) is 0 Å². The van der Waals surface area contributed by atoms with Gasteiger partial charge in [-0.3, -0.25) is 10.1 Å². The molecule has 1 aliphatic rings. The Morgan fingerprint density at radius 3 is 2.80 bits per heavy atom. The van der Waals surface area contributed by atoms with Crippen LogP contribution in [0, 0.1) is 21.4 Å². The number of nitrogens with zero attached hydrogens (tertiary/aromatic N) is 2. The monoisotopic (exact) mass is 203 g/mol. The van der Waals surface area contributed by atoms with Crippen molar-refractivity contribution in [3.05, 3.63) is 33.9 Å². The zero-order valence-corrected chi connectivity index (χ0v) is 7.93. The van der Waals surface area contributed by atoms with Gasteiger partial charge in [-0.1, -0.05) is 0 Å². The Hall–Kier alpha value is -2.09. The minimum Gasteiger partial charge on any atom is -0.381 e. The van der Waals surface area contributed by atoms with Gasteiger partial charge in [-0.2, -0.15) is 5.26 Å². The Balaban J connectivity index is 2.30. The summed E-state index contributed by atoms with van der Waals surface area (Å²) in [7, 11) is 0. The standard InChI is InChI=1S/C10H9N3O2/c11-6-7-5-9(13(14)15)3-4-10(7)12-8-1-2-8/h3-5,8,12H,1-2H2. The van der Waals surface area contributed by atoms with Gasteiger partial charge in [-0.05, 0) is 18.9 Å². The van der Waals surface area contributed by atoms with Crippen LogP contribution in [0.25, 0.3) is 0 Å². The second kappa shape index (κ2) is 3.58. The third-order valence-corrected chi connectivity index (χ3v) is 2.27. The summed E-state index contributed by atoms with van der Waals surface area (Å²) in [5.74, 6) is 0. The van der Waals surface area contributed by atoms with Crippen LogP contribution in [-0.2, 0) is 0 Å². The highest BCUT2D eigenvalue weighted by atomic mass is 16.6. The third kappa shape index (κ3) is 2.05. The van der Waals surface area contributed by atoms with Crippen molar-refractivity contribution >= 4 is 11.4 Å². The molecular formula is C10H9N3O2. The van der Waals surface area contributed by atoms with Crippen molar-refractivity contribution in [2.24, 2.45) is 0 Å². The van der Waals surface area contributed by atoms with Gasteiger partial charge in [0, 0.05) is 18.2 Å². The average Bonchev–Trinajstić information content (AvgIpc) is 3.02. The maximum Gasteiger partial charge on any atom is 0.270 e. The van der Waals surface area contributed by atoms with E-state index in [1.54, 1.807) is 6.07 Å². The number of anilines is 1. The van der Waals surface area contributed by atoms with E-state index in [4.69, 9.17) is 5.26 Å². The fraction of sp³-hybridized carbons (Fsp3) is 0.300. The Kier molecular flexibility index (Phi) is 2.26. The molecule has 1 fully saturated rings. The fourth-order valence-corrected chi connectivity index (χ4v) is 1.31. The fourth-order valence-electron chi connectivity index (χ4n) is 1.31. The molecule has 0 heterocycles. The van der Waals surface area contributed by atoms with Crippen LogP contribution < -0.4 is 5.32 Å². The van der Waals surface area contributed by atoms with Crippen molar-refractivity contribution in [2.45, 2.75) is 18.9 Å². The van der Waals surface area contributed by atoms with Gasteiger partial charge in [0.15, 0.2) is 0 Å². The zero-order valence-electron chi connectivity index (χ0n) is 7.93. The molecule has 0 saturated heterocycles. The van der Waals surface area contributed by atoms with Gasteiger partial charge in [0.05, 0.1) is 16.2 Å². The van der Waals surface area contributed by atoms with Crippen molar-refractivity contribution < 1.29 is 4.92 Å². The van der Waals surface area contributed by atoms with E-state index >= 15 is 0 Å². The van der Waals surface area contributed by atoms with E-state index in [0.717, 1.165) is 12.8 Å². The van der Waals surface area contributed by atoms with E-state index < -0.39 is 4.92 Å². The largest absolute Gasteiger partial charge is 0.381 e. The summed E-state index contributed by atoms with van der Waals surface area (Å²) in [6.45, 7) is 0. The van der Waals surface area contributed by atoms with E-state index in [9.17, 15) is 10.1 Å². The number of nitriles is 1. The maximum absolute atomic E-state index is 10.5. The lowest BCUT2D eigenvalue weighted by Gasteiger charge is -2.05. The summed E-state index contributed by atoms with van der Waals surface area (Å²) in [6, 6.07) is 6.68. The number of hydrogen-bond donors (Lipinski definition) is 1. The molecule has 0 unspecified atom stereocenters. The summed E-state index contributed by atoms with van der Waals surface area (Å²) < 4.78 is 0. The molecular weight excluding hydrogens is 194 g/mol. The van der Waals surface area contributed by atoms with Crippen LogP contribution in [0.5, 0.6) is 0 Å². The lowest BCUT2D eigenvalue weighted by Crippen LogP contribution is -2.03. The first-order valence-corrected chi connectivity index (χ1v) is 4.66. The van der Waals surface area contributed by atoms with Crippen LogP contribution in [-0.4, -0.2) is 11.0 Å². The van der Waals surface area contributed by atoms with E-state index in [1.807, 2.05) is 6.07 Å². The van der Waals surface area contributed by atoms with Crippen molar-refractivity contribution in [3.63, 3.8) is 0 Å². The molecule has 2 rings (SSSR count). The van der Waals surface area contributed by atoms with Gasteiger partial charge < -0.3 is 5.32 Å². The zero-order chi connectivity index (χ0) is 10.8. The molecule has 15 heavy (non-hydrogen) atoms. The van der Waals surface area contributed by atoms with E-state index in [1.165, 1.54) is 12.1 Å². The molecule has 0 radical (unpaired) electrons. The van der Waals surface area contributed by atoms with E-state index in [-0.39, 0.29) is 5.69 Å². The average molecular weight is 203 g/mol. The molecule has 1 aromatic rings. The van der Waals surface area contributed by atoms with Gasteiger partial charge in [-0.15, -0.1) is 0 Å². The van der Waals surface area contributed by atoms with Crippen LogP contribution >= 0.6 is 0 Å². The topological polar surface area (TPSA) is 79.0 Å². The second-order valence-corrected chi connectivity index (χ2v) is 3.52. The highest BCUT2D eigenvalue weighted by molar-refractivity contribution is 5.62. The Morgan fingerprint density at radius 2 is 2.27 bits per heavy atom. The molecule has 0 spiro atoms. The first kappa shape index (κ1) is 9.46. The van der Waals surface area contributed by atoms with Gasteiger partial charge in [0.2, 0.25) is 0 Å². The van der Waals surface area contributed by atoms with Crippen molar-refractivity contribution in [2.75, 3.05) is 5.32 Å². The summed E-state index contributed by atoms with van der Waals surface area (Å²) in [5.41, 5.74) is 0.967. The van der Waals surface area contributed by atoms with Gasteiger partial charge >= 0.3 is 0 Å². The van der Waals surface area contributed by atoms with E-state index in [2.05, 4.69) is 5.32 Å². The lowest BCUT2D eigenvalue weighted by atomic mass is 10.1. The number of hydrogen-bond acceptors (Lipinski definition) is 4. The molecule has 0 atom stereocenters. The number of benzene rings is 1. The van der Waals surface area contributed by atoms with E-state index in [0.29, 0.717) is 17.3 Å². The van der Waals surface area contributed by atoms with Crippen LogP contribution in [0.3, 0.4) is 0 Å². The maximum atomic E-state index is 10.5. The predicted molar refractivity (Wildman–Crippen MR) is 54.5 cm³/mol. The number of nitrogens with one attached hydrogen (secondary N) is 1. The molecule has 1 N–H and O–H groups in total. The Labute approximate surface area is 86.5 Å². The van der Waals surface area contributed by atoms with Gasteiger partial charge in [-0.25, -0.2) is 0 Å². The smallest absolute Gasteiger partial charge is 0.270 e. The molecule has 5 heteroatoms. The first-order valence-electron chi connectivity index (χ1n) is 4.66. The SMILES string of the molecule is N#Cc1cc([N+](=O)[O-])ccc1NC1CC1. The minimum absolute atomic E-state index is 0.0482. The molecule has 0 amide bonds. The van der Waals surface area contributed by atoms with Crippen molar-refractivity contribution in [1.29, 1.82) is 5.26 Å². The third-order valence-electron chi connectivity index (χ3n) is 2.27. The van der Waals surface area contributed by atoms with Crippen molar-refractivity contribution in [3.8, 4) is 6.07 Å². The molecule has 1 aliphatic carbocycles. The van der Waals surface area contributed by atoms with Crippen molar-refractivity contribution in [1.82, 2.24) is 0 Å².